The molecule has 12 heteroatoms. The second-order valence-electron chi connectivity index (χ2n) is 8.41. The molecule has 36 heavy (non-hydrogen) atoms. The lowest BCUT2D eigenvalue weighted by atomic mass is 10.00. The molecule has 192 valence electrons. The first-order chi connectivity index (χ1) is 17.2. The first-order valence-corrected chi connectivity index (χ1v) is 11.4. The molecule has 1 aliphatic carbocycles. The van der Waals surface area contributed by atoms with Crippen molar-refractivity contribution < 1.29 is 34.1 Å². The third kappa shape index (κ3) is 7.94. The molecule has 3 atom stereocenters. The number of benzene rings is 1. The van der Waals surface area contributed by atoms with Gasteiger partial charge in [0.25, 0.3) is 0 Å². The summed E-state index contributed by atoms with van der Waals surface area (Å²) in [6.45, 7) is 0. The Bertz CT molecular complexity index is 1130. The van der Waals surface area contributed by atoms with E-state index in [2.05, 4.69) is 20.8 Å². The number of aromatic hydroxyl groups is 1. The summed E-state index contributed by atoms with van der Waals surface area (Å²) < 4.78 is 5.64. The summed E-state index contributed by atoms with van der Waals surface area (Å²) in [6.07, 6.45) is 7.66. The van der Waals surface area contributed by atoms with Crippen LogP contribution in [0.25, 0.3) is 0 Å². The zero-order valence-corrected chi connectivity index (χ0v) is 19.5. The smallest absolute Gasteiger partial charge is 0.326 e. The number of phenols is 1. The fourth-order valence-electron chi connectivity index (χ4n) is 3.62. The molecular formula is C24H29N5O7. The van der Waals surface area contributed by atoms with Crippen LogP contribution in [-0.4, -0.2) is 49.5 Å². The molecule has 0 saturated heterocycles. The minimum Gasteiger partial charge on any atom is -0.508 e. The highest BCUT2D eigenvalue weighted by molar-refractivity contribution is 5.83. The highest BCUT2D eigenvalue weighted by atomic mass is 16.4. The number of carbonyl (C=O) groups is 3. The number of hydrogen-bond donors (Lipinski definition) is 6. The van der Waals surface area contributed by atoms with E-state index in [9.17, 15) is 24.6 Å². The van der Waals surface area contributed by atoms with Gasteiger partial charge in [0.15, 0.2) is 0 Å². The van der Waals surface area contributed by atoms with Gasteiger partial charge < -0.3 is 36.1 Å². The number of aromatic nitrogens is 2. The van der Waals surface area contributed by atoms with Crippen molar-refractivity contribution in [1.82, 2.24) is 20.8 Å². The Kier molecular flexibility index (Phi) is 9.17. The Morgan fingerprint density at radius 3 is 2.39 bits per heavy atom. The second kappa shape index (κ2) is 12.5. The van der Waals surface area contributed by atoms with Crippen molar-refractivity contribution >= 4 is 18.0 Å². The molecule has 3 rings (SSSR count). The minimum absolute atomic E-state index is 0.0172. The lowest BCUT2D eigenvalue weighted by molar-refractivity contribution is -0.139. The summed E-state index contributed by atoms with van der Waals surface area (Å²) in [5.74, 6) is -2.08. The first-order valence-electron chi connectivity index (χ1n) is 11.4. The maximum atomic E-state index is 12.8. The number of allylic oxidation sites excluding steroid dienone is 3. The number of carboxylic acid groups (broad SMARTS) is 2. The molecule has 2 unspecified atom stereocenters. The third-order valence-electron chi connectivity index (χ3n) is 5.54. The van der Waals surface area contributed by atoms with Gasteiger partial charge in [-0.3, -0.25) is 4.79 Å². The number of nitrogens with zero attached hydrogens (tertiary/aromatic N) is 2. The molecule has 1 heterocycles. The zero-order chi connectivity index (χ0) is 26.1. The molecule has 0 saturated carbocycles. The van der Waals surface area contributed by atoms with E-state index in [-0.39, 0.29) is 43.2 Å². The molecular weight excluding hydrogens is 470 g/mol. The Balaban J connectivity index is 1.74. The van der Waals surface area contributed by atoms with Crippen molar-refractivity contribution in [2.24, 2.45) is 5.73 Å². The largest absolute Gasteiger partial charge is 0.508 e. The van der Waals surface area contributed by atoms with Gasteiger partial charge in [-0.15, -0.1) is 10.2 Å². The Morgan fingerprint density at radius 2 is 1.75 bits per heavy atom. The maximum Gasteiger partial charge on any atom is 0.326 e. The van der Waals surface area contributed by atoms with Crippen LogP contribution in [-0.2, 0) is 16.0 Å². The van der Waals surface area contributed by atoms with Crippen molar-refractivity contribution in [3.8, 4) is 5.75 Å². The summed E-state index contributed by atoms with van der Waals surface area (Å²) >= 11 is 0. The predicted octanol–water partition coefficient (Wildman–Crippen LogP) is 2.34. The molecule has 0 radical (unpaired) electrons. The topological polar surface area (TPSA) is 201 Å². The number of urea groups is 1. The quantitative estimate of drug-likeness (QED) is 0.252. The van der Waals surface area contributed by atoms with E-state index < -0.39 is 36.1 Å². The number of nitrogens with one attached hydrogen (secondary N) is 2. The van der Waals surface area contributed by atoms with Gasteiger partial charge in [0, 0.05) is 19.3 Å². The second-order valence-corrected chi connectivity index (χ2v) is 8.41. The third-order valence-corrected chi connectivity index (χ3v) is 5.54. The van der Waals surface area contributed by atoms with Crippen LogP contribution in [0, 0.1) is 0 Å². The van der Waals surface area contributed by atoms with Crippen LogP contribution >= 0.6 is 0 Å². The SMILES string of the molecule is NC(CCC(=O)O)c1nnc([C@H](Cc2ccc(O)cc2)NC(=O)NC(CC2=CCCC=C2)C(=O)O)o1. The molecule has 2 aromatic rings. The van der Waals surface area contributed by atoms with Gasteiger partial charge in [0.05, 0.1) is 6.04 Å². The van der Waals surface area contributed by atoms with Crippen LogP contribution in [0.1, 0.15) is 61.5 Å². The van der Waals surface area contributed by atoms with Gasteiger partial charge >= 0.3 is 18.0 Å². The fraction of sp³-hybridized carbons (Fsp3) is 0.375. The van der Waals surface area contributed by atoms with Crippen LogP contribution in [0.3, 0.4) is 0 Å². The van der Waals surface area contributed by atoms with E-state index in [1.165, 1.54) is 12.1 Å². The Morgan fingerprint density at radius 1 is 1.03 bits per heavy atom. The van der Waals surface area contributed by atoms with E-state index in [1.807, 2.05) is 18.2 Å². The van der Waals surface area contributed by atoms with Crippen LogP contribution in [0.5, 0.6) is 5.75 Å². The van der Waals surface area contributed by atoms with Crippen LogP contribution in [0.2, 0.25) is 0 Å². The van der Waals surface area contributed by atoms with Gasteiger partial charge in [-0.2, -0.15) is 0 Å². The minimum atomic E-state index is -1.18. The molecule has 7 N–H and O–H groups in total. The van der Waals surface area contributed by atoms with E-state index in [4.69, 9.17) is 15.3 Å². The molecule has 1 aromatic carbocycles. The van der Waals surface area contributed by atoms with Gasteiger partial charge in [0.2, 0.25) is 11.8 Å². The molecule has 0 fully saturated rings. The van der Waals surface area contributed by atoms with Crippen LogP contribution in [0.15, 0.2) is 52.5 Å². The average Bonchev–Trinajstić information content (AvgIpc) is 3.34. The van der Waals surface area contributed by atoms with Gasteiger partial charge in [0.1, 0.15) is 17.8 Å². The highest BCUT2D eigenvalue weighted by Gasteiger charge is 2.27. The molecule has 1 aromatic heterocycles. The zero-order valence-electron chi connectivity index (χ0n) is 19.5. The fourth-order valence-corrected chi connectivity index (χ4v) is 3.62. The number of rotatable bonds is 12. The number of nitrogens with two attached hydrogens (primary N) is 1. The van der Waals surface area contributed by atoms with Crippen LogP contribution < -0.4 is 16.4 Å². The molecule has 0 spiro atoms. The summed E-state index contributed by atoms with van der Waals surface area (Å²) in [5.41, 5.74) is 7.50. The summed E-state index contributed by atoms with van der Waals surface area (Å²) in [5, 5.41) is 41.0. The standard InChI is InChI=1S/C24H29N5O7/c25-17(10-11-20(31)32)21-28-29-22(36-21)18(12-15-6-8-16(30)9-7-15)26-24(35)27-19(23(33)34)13-14-4-2-1-3-5-14/h2,4-9,17-19,30H,1,3,10-13,25H2,(H,31,32)(H,33,34)(H2,26,27,35)/t17?,18-,19?/m0/s1. The first kappa shape index (κ1) is 26.4. The van der Waals surface area contributed by atoms with E-state index in [1.54, 1.807) is 12.1 Å². The number of phenolic OH excluding ortho intramolecular Hbond substituents is 1. The van der Waals surface area contributed by atoms with Crippen molar-refractivity contribution in [2.75, 3.05) is 0 Å². The van der Waals surface area contributed by atoms with Crippen molar-refractivity contribution in [3.05, 3.63) is 65.4 Å². The number of carbonyl (C=O) groups excluding carboxylic acids is 1. The highest BCUT2D eigenvalue weighted by Crippen LogP contribution is 2.22. The van der Waals surface area contributed by atoms with Crippen molar-refractivity contribution in [2.45, 2.75) is 56.7 Å². The summed E-state index contributed by atoms with van der Waals surface area (Å²) in [6, 6.07) is 2.71. The molecule has 12 nitrogen and oxygen atoms in total. The molecule has 2 amide bonds. The molecule has 0 aliphatic heterocycles. The monoisotopic (exact) mass is 499 g/mol. The average molecular weight is 500 g/mol. The lowest BCUT2D eigenvalue weighted by Gasteiger charge is -2.20. The number of amides is 2. The Hall–Kier alpha value is -4.19. The van der Waals surface area contributed by atoms with E-state index >= 15 is 0 Å². The van der Waals surface area contributed by atoms with E-state index in [0.29, 0.717) is 0 Å². The van der Waals surface area contributed by atoms with Crippen molar-refractivity contribution in [3.63, 3.8) is 0 Å². The molecule has 1 aliphatic rings. The maximum absolute atomic E-state index is 12.8. The Labute approximate surface area is 206 Å². The molecule has 0 bridgehead atoms. The van der Waals surface area contributed by atoms with Gasteiger partial charge in [-0.1, -0.05) is 30.4 Å². The number of hydrogen-bond acceptors (Lipinski definition) is 8. The summed E-state index contributed by atoms with van der Waals surface area (Å²) in [7, 11) is 0. The lowest BCUT2D eigenvalue weighted by Crippen LogP contribution is -2.47. The normalized spacial score (nSPS) is 15.4. The number of aliphatic carboxylic acids is 2. The predicted molar refractivity (Wildman–Crippen MR) is 127 cm³/mol. The van der Waals surface area contributed by atoms with Gasteiger partial charge in [-0.05, 0) is 42.5 Å². The number of carboxylic acids is 2. The van der Waals surface area contributed by atoms with Gasteiger partial charge in [-0.25, -0.2) is 9.59 Å². The van der Waals surface area contributed by atoms with Crippen LogP contribution in [0.4, 0.5) is 4.79 Å². The van der Waals surface area contributed by atoms with Crippen molar-refractivity contribution in [1.29, 1.82) is 0 Å². The summed E-state index contributed by atoms with van der Waals surface area (Å²) in [4.78, 5) is 35.4. The van der Waals surface area contributed by atoms with E-state index in [0.717, 1.165) is 24.0 Å².